The van der Waals surface area contributed by atoms with E-state index in [0.29, 0.717) is 36.0 Å². The lowest BCUT2D eigenvalue weighted by atomic mass is 10.1. The molecule has 2 aromatic rings. The van der Waals surface area contributed by atoms with Gasteiger partial charge in [0.25, 0.3) is 0 Å². The SMILES string of the molecule is Nc1cc[n+](CC(=O)c2ccc3c(c2)OCCO3)cc1.[Br-]. The number of Topliss-reactive ketones (excluding diaryl/α,β-unsaturated/α-hetero) is 1. The largest absolute Gasteiger partial charge is 1.00 e. The van der Waals surface area contributed by atoms with Gasteiger partial charge in [0, 0.05) is 23.4 Å². The van der Waals surface area contributed by atoms with Gasteiger partial charge in [0.2, 0.25) is 12.3 Å². The molecule has 0 bridgehead atoms. The van der Waals surface area contributed by atoms with Crippen molar-refractivity contribution in [2.45, 2.75) is 6.54 Å². The predicted molar refractivity (Wildman–Crippen MR) is 72.8 cm³/mol. The fraction of sp³-hybridized carbons (Fsp3) is 0.200. The zero-order valence-corrected chi connectivity index (χ0v) is 12.9. The van der Waals surface area contributed by atoms with Gasteiger partial charge in [-0.2, -0.15) is 4.57 Å². The van der Waals surface area contributed by atoms with Gasteiger partial charge < -0.3 is 32.2 Å². The van der Waals surface area contributed by atoms with Gasteiger partial charge in [-0.25, -0.2) is 0 Å². The summed E-state index contributed by atoms with van der Waals surface area (Å²) in [6.07, 6.45) is 3.57. The van der Waals surface area contributed by atoms with E-state index in [4.69, 9.17) is 15.2 Å². The summed E-state index contributed by atoms with van der Waals surface area (Å²) in [7, 11) is 0. The highest BCUT2D eigenvalue weighted by atomic mass is 79.9. The fourth-order valence-electron chi connectivity index (χ4n) is 2.05. The molecule has 21 heavy (non-hydrogen) atoms. The molecule has 1 aromatic heterocycles. The first-order valence-corrected chi connectivity index (χ1v) is 6.40. The highest BCUT2D eigenvalue weighted by Gasteiger charge is 2.17. The van der Waals surface area contributed by atoms with E-state index in [1.165, 1.54) is 0 Å². The van der Waals surface area contributed by atoms with Crippen molar-refractivity contribution < 1.29 is 35.8 Å². The molecule has 0 spiro atoms. The van der Waals surface area contributed by atoms with Crippen LogP contribution in [0.5, 0.6) is 11.5 Å². The Balaban J connectivity index is 0.00000161. The van der Waals surface area contributed by atoms with Crippen molar-refractivity contribution >= 4 is 11.5 Å². The average Bonchev–Trinajstić information content (AvgIpc) is 2.49. The minimum Gasteiger partial charge on any atom is -1.00 e. The van der Waals surface area contributed by atoms with Crippen LogP contribution in [0, 0.1) is 0 Å². The lowest BCUT2D eigenvalue weighted by molar-refractivity contribution is -0.683. The second-order valence-corrected chi connectivity index (χ2v) is 4.59. The van der Waals surface area contributed by atoms with E-state index in [1.54, 1.807) is 47.3 Å². The number of halogens is 1. The van der Waals surface area contributed by atoms with Crippen LogP contribution in [-0.4, -0.2) is 19.0 Å². The number of hydrogen-bond donors (Lipinski definition) is 1. The second kappa shape index (κ2) is 6.58. The van der Waals surface area contributed by atoms with E-state index in [1.807, 2.05) is 0 Å². The number of carbonyl (C=O) groups is 1. The summed E-state index contributed by atoms with van der Waals surface area (Å²) >= 11 is 0. The van der Waals surface area contributed by atoms with Gasteiger partial charge in [0.05, 0.1) is 0 Å². The number of benzene rings is 1. The van der Waals surface area contributed by atoms with Crippen molar-refractivity contribution in [2.24, 2.45) is 0 Å². The van der Waals surface area contributed by atoms with Crippen LogP contribution < -0.4 is 36.8 Å². The number of ether oxygens (including phenoxy) is 2. The van der Waals surface area contributed by atoms with Gasteiger partial charge in [0.1, 0.15) is 13.2 Å². The van der Waals surface area contributed by atoms with E-state index in [9.17, 15) is 4.79 Å². The van der Waals surface area contributed by atoms with Gasteiger partial charge in [-0.3, -0.25) is 4.79 Å². The van der Waals surface area contributed by atoms with Gasteiger partial charge in [-0.05, 0) is 18.2 Å². The number of fused-ring (bicyclic) bond motifs is 1. The normalized spacial score (nSPS) is 12.4. The number of carbonyl (C=O) groups excluding carboxylic acids is 1. The molecular weight excluding hydrogens is 336 g/mol. The Labute approximate surface area is 133 Å². The summed E-state index contributed by atoms with van der Waals surface area (Å²) in [5.41, 5.74) is 6.90. The Hall–Kier alpha value is -2.08. The van der Waals surface area contributed by atoms with E-state index >= 15 is 0 Å². The maximum Gasteiger partial charge on any atom is 0.227 e. The average molecular weight is 351 g/mol. The van der Waals surface area contributed by atoms with Gasteiger partial charge >= 0.3 is 0 Å². The van der Waals surface area contributed by atoms with Gasteiger partial charge in [-0.15, -0.1) is 0 Å². The van der Waals surface area contributed by atoms with Crippen molar-refractivity contribution in [1.29, 1.82) is 0 Å². The van der Waals surface area contributed by atoms with Crippen LogP contribution in [0.15, 0.2) is 42.7 Å². The van der Waals surface area contributed by atoms with E-state index in [2.05, 4.69) is 0 Å². The Bertz CT molecular complexity index is 644. The van der Waals surface area contributed by atoms with E-state index in [-0.39, 0.29) is 29.3 Å². The number of aromatic nitrogens is 1. The van der Waals surface area contributed by atoms with E-state index < -0.39 is 0 Å². The third-order valence-corrected chi connectivity index (χ3v) is 3.11. The Morgan fingerprint density at radius 3 is 2.48 bits per heavy atom. The minimum atomic E-state index is 0. The summed E-state index contributed by atoms with van der Waals surface area (Å²) < 4.78 is 12.7. The van der Waals surface area contributed by atoms with Crippen LogP contribution in [0.2, 0.25) is 0 Å². The summed E-state index contributed by atoms with van der Waals surface area (Å²) in [5.74, 6) is 1.33. The number of anilines is 1. The third kappa shape index (κ3) is 3.52. The smallest absolute Gasteiger partial charge is 0.227 e. The number of rotatable bonds is 3. The molecule has 2 heterocycles. The van der Waals surface area contributed by atoms with Gasteiger partial charge in [0.15, 0.2) is 23.9 Å². The van der Waals surface area contributed by atoms with Crippen molar-refractivity contribution in [3.63, 3.8) is 0 Å². The molecule has 0 saturated carbocycles. The molecule has 1 aliphatic rings. The van der Waals surface area contributed by atoms with Crippen molar-refractivity contribution in [3.8, 4) is 11.5 Å². The first-order chi connectivity index (χ1) is 9.72. The van der Waals surface area contributed by atoms with E-state index in [0.717, 1.165) is 0 Å². The fourth-order valence-corrected chi connectivity index (χ4v) is 2.05. The first-order valence-electron chi connectivity index (χ1n) is 6.40. The minimum absolute atomic E-state index is 0. The Kier molecular flexibility index (Phi) is 4.80. The molecule has 0 unspecified atom stereocenters. The van der Waals surface area contributed by atoms with Gasteiger partial charge in [-0.1, -0.05) is 0 Å². The van der Waals surface area contributed by atoms with Crippen molar-refractivity contribution in [2.75, 3.05) is 18.9 Å². The molecule has 1 aliphatic heterocycles. The highest BCUT2D eigenvalue weighted by molar-refractivity contribution is 5.95. The predicted octanol–water partition coefficient (Wildman–Crippen LogP) is -1.79. The maximum absolute atomic E-state index is 12.2. The molecule has 0 fully saturated rings. The monoisotopic (exact) mass is 350 g/mol. The molecule has 0 amide bonds. The van der Waals surface area contributed by atoms with Crippen LogP contribution in [0.3, 0.4) is 0 Å². The van der Waals surface area contributed by atoms with Crippen LogP contribution >= 0.6 is 0 Å². The molecule has 2 N–H and O–H groups in total. The first kappa shape index (κ1) is 15.3. The van der Waals surface area contributed by atoms with Crippen LogP contribution in [0.1, 0.15) is 10.4 Å². The molecule has 5 nitrogen and oxygen atoms in total. The molecule has 0 atom stereocenters. The van der Waals surface area contributed by atoms with Crippen LogP contribution in [0.4, 0.5) is 5.69 Å². The lowest BCUT2D eigenvalue weighted by Gasteiger charge is -2.18. The van der Waals surface area contributed by atoms with Crippen LogP contribution in [0.25, 0.3) is 0 Å². The molecule has 1 aromatic carbocycles. The Morgan fingerprint density at radius 1 is 1.10 bits per heavy atom. The summed E-state index contributed by atoms with van der Waals surface area (Å²) in [6.45, 7) is 1.32. The highest BCUT2D eigenvalue weighted by Crippen LogP contribution is 2.30. The molecule has 6 heteroatoms. The number of hydrogen-bond acceptors (Lipinski definition) is 4. The number of ketones is 1. The number of pyridine rings is 1. The summed E-state index contributed by atoms with van der Waals surface area (Å²) in [4.78, 5) is 12.2. The quantitative estimate of drug-likeness (QED) is 0.524. The number of nitrogens with two attached hydrogens (primary N) is 1. The summed E-state index contributed by atoms with van der Waals surface area (Å²) in [6, 6.07) is 8.78. The zero-order valence-electron chi connectivity index (χ0n) is 11.3. The third-order valence-electron chi connectivity index (χ3n) is 3.11. The van der Waals surface area contributed by atoms with Crippen molar-refractivity contribution in [3.05, 3.63) is 48.3 Å². The van der Waals surface area contributed by atoms with Crippen molar-refractivity contribution in [1.82, 2.24) is 0 Å². The number of nitrogens with zero attached hydrogens (tertiary/aromatic N) is 1. The summed E-state index contributed by atoms with van der Waals surface area (Å²) in [5, 5.41) is 0. The Morgan fingerprint density at radius 2 is 1.76 bits per heavy atom. The van der Waals surface area contributed by atoms with Crippen LogP contribution in [-0.2, 0) is 6.54 Å². The lowest BCUT2D eigenvalue weighted by Crippen LogP contribution is -3.00. The molecule has 0 saturated heterocycles. The standard InChI is InChI=1S/C15H14N2O3.BrH/c16-12-3-5-17(6-4-12)10-13(18)11-1-2-14-15(9-11)20-8-7-19-14;/h1-6,9,16H,7-8,10H2;1H. The molecule has 0 radical (unpaired) electrons. The number of nitrogen functional groups attached to an aromatic ring is 1. The molecular formula is C15H15BrN2O3. The topological polar surface area (TPSA) is 65.4 Å². The molecule has 0 aliphatic carbocycles. The molecule has 3 rings (SSSR count). The zero-order chi connectivity index (χ0) is 13.9. The maximum atomic E-state index is 12.2. The molecule has 110 valence electrons. The second-order valence-electron chi connectivity index (χ2n) is 4.59.